The van der Waals surface area contributed by atoms with Crippen LogP contribution in [0.15, 0.2) is 10.4 Å². The maximum absolute atomic E-state index is 4.58. The van der Waals surface area contributed by atoms with Gasteiger partial charge in [0.15, 0.2) is 0 Å². The van der Waals surface area contributed by atoms with Gasteiger partial charge in [0.05, 0.1) is 6.54 Å². The molecule has 0 aromatic rings. The molecule has 4 nitrogen and oxygen atoms in total. The van der Waals surface area contributed by atoms with Gasteiger partial charge in [-0.15, -0.1) is 5.90 Å². The summed E-state index contributed by atoms with van der Waals surface area (Å²) in [5, 5.41) is 6.75. The summed E-state index contributed by atoms with van der Waals surface area (Å²) in [5.41, 5.74) is 0. The van der Waals surface area contributed by atoms with Crippen molar-refractivity contribution in [3.05, 3.63) is 0 Å². The molecule has 0 aromatic heterocycles. The van der Waals surface area contributed by atoms with Crippen LogP contribution in [0.1, 0.15) is 26.2 Å². The molecule has 0 radical (unpaired) electrons. The number of unbranched alkanes of at least 4 members (excludes halogenated alkanes) is 2. The number of rotatable bonds is 5. The molecule has 0 saturated heterocycles. The predicted molar refractivity (Wildman–Crippen MR) is 34.5 cm³/mol. The number of hydrogen-bond acceptors (Lipinski definition) is 4. The van der Waals surface area contributed by atoms with E-state index in [1.165, 1.54) is 12.8 Å². The molecule has 2 N–H and O–H groups in total. The van der Waals surface area contributed by atoms with Crippen LogP contribution in [0.2, 0.25) is 0 Å². The van der Waals surface area contributed by atoms with Gasteiger partial charge in [-0.2, -0.15) is 5.11 Å². The molecule has 0 amide bonds. The smallest absolute Gasteiger partial charge is 0.0636 e. The van der Waals surface area contributed by atoms with E-state index in [1.807, 2.05) is 0 Å². The van der Waals surface area contributed by atoms with Gasteiger partial charge >= 0.3 is 0 Å². The van der Waals surface area contributed by atoms with Crippen LogP contribution in [0.4, 0.5) is 0 Å². The van der Waals surface area contributed by atoms with Crippen LogP contribution in [0.5, 0.6) is 0 Å². The zero-order valence-electron chi connectivity index (χ0n) is 5.71. The van der Waals surface area contributed by atoms with Crippen LogP contribution in [0.25, 0.3) is 0 Å². The van der Waals surface area contributed by atoms with Crippen molar-refractivity contribution in [3.8, 4) is 0 Å². The van der Waals surface area contributed by atoms with Crippen LogP contribution >= 0.6 is 0 Å². The van der Waals surface area contributed by atoms with Gasteiger partial charge in [0.2, 0.25) is 0 Å². The molecule has 0 aliphatic heterocycles. The molecule has 0 fully saturated rings. The second kappa shape index (κ2) is 7.36. The monoisotopic (exact) mass is 131 g/mol. The van der Waals surface area contributed by atoms with Crippen molar-refractivity contribution in [1.82, 2.24) is 0 Å². The minimum atomic E-state index is 0.713. The van der Waals surface area contributed by atoms with Crippen molar-refractivity contribution in [2.45, 2.75) is 26.2 Å². The molecule has 0 aromatic carbocycles. The molecule has 4 heteroatoms. The number of nitrogens with zero attached hydrogens (tertiary/aromatic N) is 2. The Morgan fingerprint density at radius 2 is 2.22 bits per heavy atom. The third kappa shape index (κ3) is 7.36. The van der Waals surface area contributed by atoms with Gasteiger partial charge in [-0.25, -0.2) is 0 Å². The molecular formula is C5H13N3O. The first kappa shape index (κ1) is 8.36. The molecule has 0 spiro atoms. The molecule has 0 saturated carbocycles. The number of nitrogens with two attached hydrogens (primary N) is 1. The third-order valence-electron chi connectivity index (χ3n) is 0.967. The maximum Gasteiger partial charge on any atom is 0.0636 e. The first-order valence-corrected chi connectivity index (χ1v) is 3.14. The summed E-state index contributed by atoms with van der Waals surface area (Å²) in [4.78, 5) is 3.88. The highest BCUT2D eigenvalue weighted by Gasteiger charge is 1.81. The second-order valence-electron chi connectivity index (χ2n) is 1.76. The summed E-state index contributed by atoms with van der Waals surface area (Å²) in [5.74, 6) is 4.58. The zero-order chi connectivity index (χ0) is 6.95. The van der Waals surface area contributed by atoms with E-state index >= 15 is 0 Å². The van der Waals surface area contributed by atoms with Crippen molar-refractivity contribution in [2.24, 2.45) is 16.3 Å². The third-order valence-corrected chi connectivity index (χ3v) is 0.967. The van der Waals surface area contributed by atoms with Gasteiger partial charge in [-0.1, -0.05) is 19.8 Å². The normalized spacial score (nSPS) is 10.4. The van der Waals surface area contributed by atoms with Crippen molar-refractivity contribution in [1.29, 1.82) is 0 Å². The van der Waals surface area contributed by atoms with Crippen molar-refractivity contribution < 1.29 is 4.94 Å². The predicted octanol–water partition coefficient (Wildman–Crippen LogP) is 1.43. The molecule has 0 rings (SSSR count). The van der Waals surface area contributed by atoms with E-state index in [2.05, 4.69) is 28.2 Å². The van der Waals surface area contributed by atoms with Crippen LogP contribution in [0.3, 0.4) is 0 Å². The molecular weight excluding hydrogens is 118 g/mol. The van der Waals surface area contributed by atoms with Crippen LogP contribution in [-0.4, -0.2) is 6.54 Å². The fraction of sp³-hybridized carbons (Fsp3) is 1.00. The van der Waals surface area contributed by atoms with Gasteiger partial charge in [0, 0.05) is 5.28 Å². The van der Waals surface area contributed by atoms with E-state index < -0.39 is 0 Å². The maximum atomic E-state index is 4.58. The highest BCUT2D eigenvalue weighted by atomic mass is 16.8. The molecule has 0 heterocycles. The largest absolute Gasteiger partial charge is 0.283 e. The average Bonchev–Trinajstić information content (AvgIpc) is 1.89. The van der Waals surface area contributed by atoms with E-state index in [-0.39, 0.29) is 0 Å². The summed E-state index contributed by atoms with van der Waals surface area (Å²) < 4.78 is 0. The molecule has 9 heavy (non-hydrogen) atoms. The second-order valence-corrected chi connectivity index (χ2v) is 1.76. The topological polar surface area (TPSA) is 60.0 Å². The highest BCUT2D eigenvalue weighted by Crippen LogP contribution is 1.93. The van der Waals surface area contributed by atoms with Gasteiger partial charge in [0.1, 0.15) is 0 Å². The Bertz CT molecular complexity index is 74.6. The molecule has 0 aliphatic carbocycles. The van der Waals surface area contributed by atoms with Gasteiger partial charge in [-0.05, 0) is 6.42 Å². The zero-order valence-corrected chi connectivity index (χ0v) is 5.71. The fourth-order valence-electron chi connectivity index (χ4n) is 0.507. The standard InChI is InChI=1S/C5H13N3O/c1-2-3-4-5-7-8-9-6/h2-6H2,1H3. The molecule has 0 aliphatic rings. The summed E-state index contributed by atoms with van der Waals surface area (Å²) in [6.45, 7) is 2.85. The molecule has 54 valence electrons. The van der Waals surface area contributed by atoms with E-state index in [0.717, 1.165) is 6.42 Å². The summed E-state index contributed by atoms with van der Waals surface area (Å²) in [6.07, 6.45) is 3.44. The van der Waals surface area contributed by atoms with Gasteiger partial charge < -0.3 is 0 Å². The number of hydrogen-bond donors (Lipinski definition) is 1. The minimum absolute atomic E-state index is 0.713. The first-order chi connectivity index (χ1) is 4.41. The molecule has 0 atom stereocenters. The van der Waals surface area contributed by atoms with Crippen molar-refractivity contribution in [3.63, 3.8) is 0 Å². The lowest BCUT2D eigenvalue weighted by atomic mass is 10.3. The van der Waals surface area contributed by atoms with Crippen molar-refractivity contribution >= 4 is 0 Å². The molecule has 0 bridgehead atoms. The Morgan fingerprint density at radius 1 is 1.44 bits per heavy atom. The Labute approximate surface area is 55.0 Å². The Kier molecular flexibility index (Phi) is 6.84. The summed E-state index contributed by atoms with van der Waals surface area (Å²) in [7, 11) is 0. The fourth-order valence-corrected chi connectivity index (χ4v) is 0.507. The summed E-state index contributed by atoms with van der Waals surface area (Å²) >= 11 is 0. The van der Waals surface area contributed by atoms with Gasteiger partial charge in [0.25, 0.3) is 0 Å². The Morgan fingerprint density at radius 3 is 2.78 bits per heavy atom. The SMILES string of the molecule is CCCCCN=NON. The highest BCUT2D eigenvalue weighted by molar-refractivity contribution is 4.38. The van der Waals surface area contributed by atoms with Crippen LogP contribution in [-0.2, 0) is 4.94 Å². The van der Waals surface area contributed by atoms with E-state index in [9.17, 15) is 0 Å². The van der Waals surface area contributed by atoms with E-state index in [1.54, 1.807) is 0 Å². The average molecular weight is 131 g/mol. The summed E-state index contributed by atoms with van der Waals surface area (Å²) in [6, 6.07) is 0. The quantitative estimate of drug-likeness (QED) is 0.348. The van der Waals surface area contributed by atoms with Gasteiger partial charge in [-0.3, -0.25) is 4.94 Å². The van der Waals surface area contributed by atoms with Crippen molar-refractivity contribution in [2.75, 3.05) is 6.54 Å². The minimum Gasteiger partial charge on any atom is -0.283 e. The lowest BCUT2D eigenvalue weighted by molar-refractivity contribution is 0.125. The van der Waals surface area contributed by atoms with Crippen LogP contribution in [0, 0.1) is 0 Å². The lowest BCUT2D eigenvalue weighted by Gasteiger charge is -1.88. The van der Waals surface area contributed by atoms with E-state index in [0.29, 0.717) is 6.54 Å². The van der Waals surface area contributed by atoms with E-state index in [4.69, 9.17) is 0 Å². The Hall–Kier alpha value is -0.640. The molecule has 0 unspecified atom stereocenters. The Balaban J connectivity index is 2.82. The lowest BCUT2D eigenvalue weighted by Crippen LogP contribution is -1.88. The van der Waals surface area contributed by atoms with Crippen LogP contribution < -0.4 is 5.90 Å². The first-order valence-electron chi connectivity index (χ1n) is 3.14.